The molecule has 7 nitrogen and oxygen atoms in total. The summed E-state index contributed by atoms with van der Waals surface area (Å²) in [6, 6.07) is 1.70. The van der Waals surface area contributed by atoms with Gasteiger partial charge in [0.15, 0.2) is 23.4 Å². The van der Waals surface area contributed by atoms with Gasteiger partial charge >= 0.3 is 6.18 Å². The first-order chi connectivity index (χ1) is 13.1. The number of alkyl halides is 3. The lowest BCUT2D eigenvalue weighted by molar-refractivity contribution is -0.203. The van der Waals surface area contributed by atoms with Crippen molar-refractivity contribution in [3.05, 3.63) is 40.9 Å². The van der Waals surface area contributed by atoms with Gasteiger partial charge in [-0.3, -0.25) is 0 Å². The average molecular weight is 401 g/mol. The molecule has 0 aliphatic heterocycles. The van der Waals surface area contributed by atoms with E-state index >= 15 is 0 Å². The third-order valence-electron chi connectivity index (χ3n) is 3.74. The van der Waals surface area contributed by atoms with Crippen LogP contribution in [0.15, 0.2) is 28.8 Å². The Balaban J connectivity index is 2.43. The fraction of sp³-hybridized carbons (Fsp3) is 0.412. The summed E-state index contributed by atoms with van der Waals surface area (Å²) in [6.45, 7) is 7.26. The van der Waals surface area contributed by atoms with E-state index in [4.69, 9.17) is 4.74 Å². The molecule has 2 heterocycles. The second-order valence-corrected chi connectivity index (χ2v) is 5.94. The lowest BCUT2D eigenvalue weighted by atomic mass is 10.1. The lowest BCUT2D eigenvalue weighted by Crippen LogP contribution is -2.28. The zero-order valence-corrected chi connectivity index (χ0v) is 15.7. The first-order valence-electron chi connectivity index (χ1n) is 8.07. The maximum atomic E-state index is 14.4. The van der Waals surface area contributed by atoms with Crippen LogP contribution in [-0.2, 0) is 16.1 Å². The Morgan fingerprint density at radius 3 is 2.64 bits per heavy atom. The Bertz CT molecular complexity index is 934. The van der Waals surface area contributed by atoms with E-state index in [9.17, 15) is 17.6 Å². The Labute approximate surface area is 158 Å². The molecule has 0 saturated carbocycles. The molecule has 1 atom stereocenters. The van der Waals surface area contributed by atoms with Crippen LogP contribution in [0.2, 0.25) is 0 Å². The van der Waals surface area contributed by atoms with E-state index in [-0.39, 0.29) is 6.61 Å². The maximum Gasteiger partial charge on any atom is 0.425 e. The zero-order valence-electron chi connectivity index (χ0n) is 15.7. The van der Waals surface area contributed by atoms with E-state index < -0.39 is 24.0 Å². The quantitative estimate of drug-likeness (QED) is 0.305. The summed E-state index contributed by atoms with van der Waals surface area (Å²) < 4.78 is 63.3. The predicted molar refractivity (Wildman–Crippen MR) is 94.2 cm³/mol. The smallest absolute Gasteiger partial charge is 0.425 e. The number of methoxy groups -OCH3 is 1. The largest absolute Gasteiger partial charge is 0.463 e. The third-order valence-corrected chi connectivity index (χ3v) is 3.74. The van der Waals surface area contributed by atoms with Crippen molar-refractivity contribution < 1.29 is 27.0 Å². The number of rotatable bonds is 7. The molecule has 0 unspecified atom stereocenters. The number of hydrogen-bond donors (Lipinski definition) is 0. The van der Waals surface area contributed by atoms with Gasteiger partial charge in [-0.05, 0) is 50.8 Å². The Hall–Kier alpha value is -2.82. The van der Waals surface area contributed by atoms with Crippen molar-refractivity contribution in [2.75, 3.05) is 7.11 Å². The highest BCUT2D eigenvalue weighted by Gasteiger charge is 2.38. The summed E-state index contributed by atoms with van der Waals surface area (Å²) in [4.78, 5) is 3.22. The third kappa shape index (κ3) is 4.71. The van der Waals surface area contributed by atoms with Crippen molar-refractivity contribution in [1.29, 1.82) is 0 Å². The number of nitrogens with zero attached hydrogens (tertiary/aromatic N) is 5. The number of aromatic nitrogens is 4. The zero-order chi connectivity index (χ0) is 21.1. The summed E-state index contributed by atoms with van der Waals surface area (Å²) in [5.41, 5.74) is 1.88. The molecule has 0 radical (unpaired) electrons. The second kappa shape index (κ2) is 8.46. The van der Waals surface area contributed by atoms with Crippen molar-refractivity contribution in [2.45, 2.75) is 39.7 Å². The van der Waals surface area contributed by atoms with E-state index in [2.05, 4.69) is 31.7 Å². The summed E-state index contributed by atoms with van der Waals surface area (Å²) in [5.74, 6) is -1.52. The van der Waals surface area contributed by atoms with Gasteiger partial charge in [-0.1, -0.05) is 0 Å². The lowest BCUT2D eigenvalue weighted by Gasteiger charge is -2.17. The van der Waals surface area contributed by atoms with Crippen molar-refractivity contribution in [1.82, 2.24) is 19.8 Å². The highest BCUT2D eigenvalue weighted by atomic mass is 19.4. The summed E-state index contributed by atoms with van der Waals surface area (Å²) in [6.07, 6.45) is -5.92. The van der Waals surface area contributed by atoms with Crippen molar-refractivity contribution in [3.8, 4) is 0 Å². The van der Waals surface area contributed by atoms with Gasteiger partial charge in [0.1, 0.15) is 6.61 Å². The van der Waals surface area contributed by atoms with Crippen LogP contribution in [0.5, 0.6) is 0 Å². The van der Waals surface area contributed by atoms with Crippen LogP contribution in [0.4, 0.5) is 17.6 Å². The molecule has 0 spiro atoms. The number of fused-ring (bicyclic) bond motifs is 1. The van der Waals surface area contributed by atoms with Crippen LogP contribution >= 0.6 is 0 Å². The van der Waals surface area contributed by atoms with E-state index in [1.165, 1.54) is 11.6 Å². The Kier molecular flexibility index (Phi) is 6.49. The molecule has 0 bridgehead atoms. The van der Waals surface area contributed by atoms with Crippen molar-refractivity contribution >= 4 is 17.9 Å². The topological polar surface area (TPSA) is 73.9 Å². The standard InChI is InChI=1S/C17H19F4N5O2/c1-9(6-12(18)16(22-4)28-11(3)17(19,20)21)15-10(2)7-13-23-24-14(8-27-5)26(13)25-15/h6-7,11H,4,8H2,1-3,5H3/b9-6+,16-12-/t11-/m0/s1. The number of ether oxygens (including phenoxy) is 2. The van der Waals surface area contributed by atoms with E-state index in [1.807, 2.05) is 0 Å². The minimum Gasteiger partial charge on any atom is -0.463 e. The van der Waals surface area contributed by atoms with Gasteiger partial charge < -0.3 is 9.47 Å². The van der Waals surface area contributed by atoms with E-state index in [0.717, 1.165) is 13.0 Å². The monoisotopic (exact) mass is 401 g/mol. The van der Waals surface area contributed by atoms with Gasteiger partial charge in [-0.2, -0.15) is 22.8 Å². The molecule has 0 saturated heterocycles. The van der Waals surface area contributed by atoms with Gasteiger partial charge in [0.2, 0.25) is 5.88 Å². The fourth-order valence-corrected chi connectivity index (χ4v) is 2.30. The molecule has 2 rings (SSSR count). The fourth-order valence-electron chi connectivity index (χ4n) is 2.30. The first-order valence-corrected chi connectivity index (χ1v) is 8.07. The molecule has 152 valence electrons. The SMILES string of the molecule is C=N/C(O[C@@H](C)C(F)(F)F)=C(F)\C=C(/C)c1nn2c(COC)nnc2cc1C. The Morgan fingerprint density at radius 1 is 1.39 bits per heavy atom. The molecule has 0 fully saturated rings. The number of halogens is 4. The van der Waals surface area contributed by atoms with Gasteiger partial charge in [-0.15, -0.1) is 10.2 Å². The molecule has 0 aliphatic rings. The average Bonchev–Trinajstić information content (AvgIpc) is 2.99. The summed E-state index contributed by atoms with van der Waals surface area (Å²) in [5, 5.41) is 12.3. The van der Waals surface area contributed by atoms with Crippen LogP contribution in [0.1, 0.15) is 30.9 Å². The number of aryl methyl sites for hydroxylation is 1. The molecule has 2 aromatic heterocycles. The molecular formula is C17H19F4N5O2. The molecule has 0 aromatic carbocycles. The predicted octanol–water partition coefficient (Wildman–Crippen LogP) is 3.79. The summed E-state index contributed by atoms with van der Waals surface area (Å²) >= 11 is 0. The number of aliphatic imine (C=N–C) groups is 1. The highest BCUT2D eigenvalue weighted by molar-refractivity contribution is 5.66. The molecular weight excluding hydrogens is 382 g/mol. The Morgan fingerprint density at radius 2 is 2.07 bits per heavy atom. The van der Waals surface area contributed by atoms with Gasteiger partial charge in [0.05, 0.1) is 5.69 Å². The molecule has 0 aliphatic carbocycles. The van der Waals surface area contributed by atoms with Crippen LogP contribution in [0.3, 0.4) is 0 Å². The van der Waals surface area contributed by atoms with Gasteiger partial charge in [0, 0.05) is 7.11 Å². The van der Waals surface area contributed by atoms with Gasteiger partial charge in [0.25, 0.3) is 0 Å². The molecule has 11 heteroatoms. The second-order valence-electron chi connectivity index (χ2n) is 5.94. The van der Waals surface area contributed by atoms with Crippen molar-refractivity contribution in [3.63, 3.8) is 0 Å². The van der Waals surface area contributed by atoms with Crippen LogP contribution in [0.25, 0.3) is 11.2 Å². The maximum absolute atomic E-state index is 14.4. The number of allylic oxidation sites excluding steroid dienone is 3. The highest BCUT2D eigenvalue weighted by Crippen LogP contribution is 2.27. The number of hydrogen-bond acceptors (Lipinski definition) is 6. The van der Waals surface area contributed by atoms with Gasteiger partial charge in [-0.25, -0.2) is 9.38 Å². The molecule has 0 N–H and O–H groups in total. The first kappa shape index (κ1) is 21.5. The summed E-state index contributed by atoms with van der Waals surface area (Å²) in [7, 11) is 1.49. The molecule has 2 aromatic rings. The van der Waals surface area contributed by atoms with E-state index in [1.54, 1.807) is 19.9 Å². The molecule has 0 amide bonds. The normalized spacial score (nSPS) is 14.8. The minimum absolute atomic E-state index is 0.168. The minimum atomic E-state index is -4.66. The van der Waals surface area contributed by atoms with Crippen molar-refractivity contribution in [2.24, 2.45) is 4.99 Å². The van der Waals surface area contributed by atoms with Crippen LogP contribution in [-0.4, -0.2) is 45.9 Å². The van der Waals surface area contributed by atoms with E-state index in [0.29, 0.717) is 28.3 Å². The van der Waals surface area contributed by atoms with Crippen LogP contribution in [0, 0.1) is 6.92 Å². The van der Waals surface area contributed by atoms with Crippen LogP contribution < -0.4 is 0 Å². The molecule has 28 heavy (non-hydrogen) atoms.